The second kappa shape index (κ2) is 8.69. The highest BCUT2D eigenvalue weighted by Gasteiger charge is 2.31. The van der Waals surface area contributed by atoms with Crippen molar-refractivity contribution < 1.29 is 17.9 Å². The Balaban J connectivity index is 1.47. The minimum Gasteiger partial charge on any atom is -0.376 e. The third-order valence-corrected chi connectivity index (χ3v) is 7.11. The molecule has 144 valence electrons. The summed E-state index contributed by atoms with van der Waals surface area (Å²) in [6, 6.07) is 6.84. The number of ether oxygens (including phenoxy) is 1. The van der Waals surface area contributed by atoms with Crippen LogP contribution in [-0.4, -0.2) is 51.0 Å². The standard InChI is InChI=1S/C18H25ClN2O4S/c19-16-5-3-14(4-6-16)13-26(23,24)21-9-7-15(8-10-21)18(22)20-12-17-2-1-11-25-17/h3-6,15,17H,1-2,7-13H2,(H,20,22)/t17-/m0/s1. The summed E-state index contributed by atoms with van der Waals surface area (Å²) >= 11 is 5.84. The Morgan fingerprint density at radius 2 is 1.88 bits per heavy atom. The first kappa shape index (κ1) is 19.6. The summed E-state index contributed by atoms with van der Waals surface area (Å²) in [5.41, 5.74) is 0.714. The third kappa shape index (κ3) is 5.19. The molecule has 1 atom stereocenters. The van der Waals surface area contributed by atoms with Gasteiger partial charge in [0.1, 0.15) is 0 Å². The van der Waals surface area contributed by atoms with Crippen molar-refractivity contribution in [3.05, 3.63) is 34.9 Å². The summed E-state index contributed by atoms with van der Waals surface area (Å²) in [4.78, 5) is 12.3. The maximum Gasteiger partial charge on any atom is 0.223 e. The van der Waals surface area contributed by atoms with Gasteiger partial charge in [0.2, 0.25) is 15.9 Å². The summed E-state index contributed by atoms with van der Waals surface area (Å²) in [7, 11) is -3.39. The molecule has 2 heterocycles. The first-order chi connectivity index (χ1) is 12.4. The molecule has 2 aliphatic heterocycles. The largest absolute Gasteiger partial charge is 0.376 e. The molecule has 0 aliphatic carbocycles. The molecule has 1 aromatic rings. The number of sulfonamides is 1. The van der Waals surface area contributed by atoms with Gasteiger partial charge < -0.3 is 10.1 Å². The van der Waals surface area contributed by atoms with Crippen LogP contribution in [0.4, 0.5) is 0 Å². The molecule has 0 radical (unpaired) electrons. The normalized spacial score (nSPS) is 22.4. The van der Waals surface area contributed by atoms with Crippen LogP contribution in [0.1, 0.15) is 31.2 Å². The summed E-state index contributed by atoms with van der Waals surface area (Å²) in [6.07, 6.45) is 3.26. The van der Waals surface area contributed by atoms with Crippen LogP contribution in [0.2, 0.25) is 5.02 Å². The minimum absolute atomic E-state index is 0.00949. The molecule has 0 bridgehead atoms. The predicted octanol–water partition coefficient (Wildman–Crippen LogP) is 2.18. The van der Waals surface area contributed by atoms with Gasteiger partial charge in [0.25, 0.3) is 0 Å². The Morgan fingerprint density at radius 3 is 2.50 bits per heavy atom. The molecule has 1 aromatic carbocycles. The maximum absolute atomic E-state index is 12.6. The fourth-order valence-electron chi connectivity index (χ4n) is 3.44. The van der Waals surface area contributed by atoms with Crippen molar-refractivity contribution in [2.45, 2.75) is 37.5 Å². The lowest BCUT2D eigenvalue weighted by Gasteiger charge is -2.30. The van der Waals surface area contributed by atoms with Crippen molar-refractivity contribution in [1.29, 1.82) is 0 Å². The molecule has 1 N–H and O–H groups in total. The fraction of sp³-hybridized carbons (Fsp3) is 0.611. The molecule has 3 rings (SSSR count). The average Bonchev–Trinajstić information content (AvgIpc) is 3.15. The number of benzene rings is 1. The van der Waals surface area contributed by atoms with Crippen molar-refractivity contribution in [2.75, 3.05) is 26.2 Å². The monoisotopic (exact) mass is 400 g/mol. The predicted molar refractivity (Wildman–Crippen MR) is 100 cm³/mol. The molecule has 8 heteroatoms. The van der Waals surface area contributed by atoms with E-state index in [1.807, 2.05) is 0 Å². The SMILES string of the molecule is O=C(NC[C@@H]1CCCO1)C1CCN(S(=O)(=O)Cc2ccc(Cl)cc2)CC1. The van der Waals surface area contributed by atoms with E-state index < -0.39 is 10.0 Å². The van der Waals surface area contributed by atoms with Crippen LogP contribution in [-0.2, 0) is 25.3 Å². The van der Waals surface area contributed by atoms with Crippen LogP contribution in [0.25, 0.3) is 0 Å². The quantitative estimate of drug-likeness (QED) is 0.794. The van der Waals surface area contributed by atoms with E-state index >= 15 is 0 Å². The molecular formula is C18H25ClN2O4S. The lowest BCUT2D eigenvalue weighted by molar-refractivity contribution is -0.126. The zero-order valence-corrected chi connectivity index (χ0v) is 16.3. The van der Waals surface area contributed by atoms with E-state index in [2.05, 4.69) is 5.32 Å². The molecular weight excluding hydrogens is 376 g/mol. The summed E-state index contributed by atoms with van der Waals surface area (Å²) < 4.78 is 32.2. The van der Waals surface area contributed by atoms with Crippen LogP contribution >= 0.6 is 11.6 Å². The van der Waals surface area contributed by atoms with Gasteiger partial charge in [0.15, 0.2) is 0 Å². The molecule has 0 aromatic heterocycles. The summed E-state index contributed by atoms with van der Waals surface area (Å²) in [5.74, 6) is -0.159. The van der Waals surface area contributed by atoms with Crippen molar-refractivity contribution in [3.63, 3.8) is 0 Å². The van der Waals surface area contributed by atoms with Gasteiger partial charge in [-0.2, -0.15) is 0 Å². The Labute approximate surface area is 159 Å². The number of carbonyl (C=O) groups is 1. The van der Waals surface area contributed by atoms with E-state index in [1.165, 1.54) is 4.31 Å². The highest BCUT2D eigenvalue weighted by molar-refractivity contribution is 7.88. The Kier molecular flexibility index (Phi) is 6.55. The number of nitrogens with one attached hydrogen (secondary N) is 1. The lowest BCUT2D eigenvalue weighted by atomic mass is 9.97. The van der Waals surface area contributed by atoms with Crippen molar-refractivity contribution in [2.24, 2.45) is 5.92 Å². The first-order valence-corrected chi connectivity index (χ1v) is 11.0. The van der Waals surface area contributed by atoms with Crippen LogP contribution in [0.15, 0.2) is 24.3 Å². The number of hydrogen-bond donors (Lipinski definition) is 1. The highest BCUT2D eigenvalue weighted by Crippen LogP contribution is 2.22. The molecule has 0 saturated carbocycles. The first-order valence-electron chi connectivity index (χ1n) is 9.05. The highest BCUT2D eigenvalue weighted by atomic mass is 35.5. The number of rotatable bonds is 6. The molecule has 1 amide bonds. The third-order valence-electron chi connectivity index (χ3n) is 5.01. The molecule has 0 unspecified atom stereocenters. The Morgan fingerprint density at radius 1 is 1.19 bits per heavy atom. The van der Waals surface area contributed by atoms with Gasteiger partial charge in [-0.05, 0) is 43.4 Å². The van der Waals surface area contributed by atoms with Gasteiger partial charge in [-0.15, -0.1) is 0 Å². The summed E-state index contributed by atoms with van der Waals surface area (Å²) in [5, 5.41) is 3.53. The zero-order chi connectivity index (χ0) is 18.6. The molecule has 6 nitrogen and oxygen atoms in total. The fourth-order valence-corrected chi connectivity index (χ4v) is 5.13. The van der Waals surface area contributed by atoms with Gasteiger partial charge in [-0.1, -0.05) is 23.7 Å². The molecule has 2 saturated heterocycles. The van der Waals surface area contributed by atoms with Gasteiger partial charge in [-0.25, -0.2) is 12.7 Å². The maximum atomic E-state index is 12.6. The van der Waals surface area contributed by atoms with Gasteiger partial charge >= 0.3 is 0 Å². The van der Waals surface area contributed by atoms with E-state index in [0.29, 0.717) is 43.1 Å². The molecule has 2 aliphatic rings. The van der Waals surface area contributed by atoms with Gasteiger partial charge in [0.05, 0.1) is 11.9 Å². The van der Waals surface area contributed by atoms with Crippen molar-refractivity contribution in [1.82, 2.24) is 9.62 Å². The number of piperidine rings is 1. The number of hydrogen-bond acceptors (Lipinski definition) is 4. The van der Waals surface area contributed by atoms with E-state index in [1.54, 1.807) is 24.3 Å². The van der Waals surface area contributed by atoms with Crippen molar-refractivity contribution >= 4 is 27.5 Å². The van der Waals surface area contributed by atoms with Crippen LogP contribution in [0, 0.1) is 5.92 Å². The smallest absolute Gasteiger partial charge is 0.223 e. The van der Waals surface area contributed by atoms with Gasteiger partial charge in [0, 0.05) is 37.2 Å². The molecule has 0 spiro atoms. The van der Waals surface area contributed by atoms with Crippen LogP contribution < -0.4 is 5.32 Å². The Bertz CT molecular complexity index is 709. The second-order valence-corrected chi connectivity index (χ2v) is 9.34. The van der Waals surface area contributed by atoms with E-state index in [9.17, 15) is 13.2 Å². The van der Waals surface area contributed by atoms with E-state index in [0.717, 1.165) is 19.4 Å². The van der Waals surface area contributed by atoms with Crippen molar-refractivity contribution in [3.8, 4) is 0 Å². The summed E-state index contributed by atoms with van der Waals surface area (Å²) in [6.45, 7) is 2.08. The number of amides is 1. The topological polar surface area (TPSA) is 75.7 Å². The Hall–Kier alpha value is -1.15. The number of carbonyl (C=O) groups excluding carboxylic acids is 1. The minimum atomic E-state index is -3.39. The molecule has 2 fully saturated rings. The molecule has 26 heavy (non-hydrogen) atoms. The van der Waals surface area contributed by atoms with Crippen LogP contribution in [0.3, 0.4) is 0 Å². The zero-order valence-electron chi connectivity index (χ0n) is 14.7. The van der Waals surface area contributed by atoms with E-state index in [4.69, 9.17) is 16.3 Å². The average molecular weight is 401 g/mol. The van der Waals surface area contributed by atoms with E-state index in [-0.39, 0.29) is 23.7 Å². The van der Waals surface area contributed by atoms with Gasteiger partial charge in [-0.3, -0.25) is 4.79 Å². The van der Waals surface area contributed by atoms with Crippen LogP contribution in [0.5, 0.6) is 0 Å². The number of nitrogens with zero attached hydrogens (tertiary/aromatic N) is 1. The second-order valence-electron chi connectivity index (χ2n) is 6.94. The number of halogens is 1. The lowest BCUT2D eigenvalue weighted by Crippen LogP contribution is -2.44.